The number of amides is 2. The molecule has 152 valence electrons. The van der Waals surface area contributed by atoms with Crippen LogP contribution in [0.1, 0.15) is 11.1 Å². The number of hydrogen-bond donors (Lipinski definition) is 2. The van der Waals surface area contributed by atoms with Crippen LogP contribution in [0.25, 0.3) is 22.6 Å². The second-order valence-electron chi connectivity index (χ2n) is 6.84. The van der Waals surface area contributed by atoms with Crippen molar-refractivity contribution in [2.75, 3.05) is 12.4 Å². The summed E-state index contributed by atoms with van der Waals surface area (Å²) in [6.07, 6.45) is 0. The minimum atomic E-state index is -0.414. The molecule has 1 aromatic heterocycles. The molecule has 0 aliphatic carbocycles. The quantitative estimate of drug-likeness (QED) is 0.474. The van der Waals surface area contributed by atoms with Gasteiger partial charge in [-0.2, -0.15) is 0 Å². The Morgan fingerprint density at radius 1 is 1.10 bits per heavy atom. The van der Waals surface area contributed by atoms with Gasteiger partial charge in [0.15, 0.2) is 5.58 Å². The molecule has 7 heteroatoms. The number of carbonyl (C=O) groups excluding carboxylic acids is 1. The third kappa shape index (κ3) is 4.25. The van der Waals surface area contributed by atoms with Crippen molar-refractivity contribution in [1.82, 2.24) is 10.3 Å². The zero-order valence-electron chi connectivity index (χ0n) is 16.5. The Bertz CT molecular complexity index is 1200. The number of halogens is 1. The van der Waals surface area contributed by atoms with Gasteiger partial charge in [0.05, 0.1) is 12.8 Å². The Balaban J connectivity index is 1.53. The van der Waals surface area contributed by atoms with Crippen LogP contribution in [0.4, 0.5) is 14.9 Å². The Labute approximate surface area is 172 Å². The number of fused-ring (bicyclic) bond motifs is 1. The van der Waals surface area contributed by atoms with Crippen LogP contribution in [0.2, 0.25) is 0 Å². The van der Waals surface area contributed by atoms with Gasteiger partial charge in [-0.05, 0) is 60.5 Å². The molecule has 30 heavy (non-hydrogen) atoms. The molecule has 0 spiro atoms. The first-order valence-electron chi connectivity index (χ1n) is 9.37. The molecule has 0 aliphatic rings. The van der Waals surface area contributed by atoms with Crippen LogP contribution in [0.5, 0.6) is 5.75 Å². The van der Waals surface area contributed by atoms with Crippen LogP contribution in [0.15, 0.2) is 65.1 Å². The molecule has 0 saturated heterocycles. The number of methoxy groups -OCH3 is 1. The number of aryl methyl sites for hydroxylation is 1. The minimum Gasteiger partial charge on any atom is -0.495 e. The third-order valence-electron chi connectivity index (χ3n) is 4.60. The average molecular weight is 405 g/mol. The summed E-state index contributed by atoms with van der Waals surface area (Å²) in [5.41, 5.74) is 4.53. The number of carbonyl (C=O) groups is 1. The van der Waals surface area contributed by atoms with Gasteiger partial charge in [-0.3, -0.25) is 0 Å². The first-order valence-corrected chi connectivity index (χ1v) is 9.37. The highest BCUT2D eigenvalue weighted by atomic mass is 19.1. The summed E-state index contributed by atoms with van der Waals surface area (Å²) in [6, 6.07) is 16.6. The first-order chi connectivity index (χ1) is 14.5. The number of nitrogens with zero attached hydrogens (tertiary/aromatic N) is 1. The molecule has 6 nitrogen and oxygen atoms in total. The van der Waals surface area contributed by atoms with E-state index in [1.165, 1.54) is 19.2 Å². The van der Waals surface area contributed by atoms with E-state index in [4.69, 9.17) is 9.15 Å². The minimum absolute atomic E-state index is 0.262. The van der Waals surface area contributed by atoms with Crippen molar-refractivity contribution in [1.29, 1.82) is 0 Å². The zero-order valence-corrected chi connectivity index (χ0v) is 16.5. The second kappa shape index (κ2) is 8.24. The monoisotopic (exact) mass is 405 g/mol. The van der Waals surface area contributed by atoms with Crippen LogP contribution >= 0.6 is 0 Å². The lowest BCUT2D eigenvalue weighted by atomic mass is 10.2. The standard InChI is InChI=1S/C23H20FN3O3/c1-14-3-9-21-18(11-14)26-22(30-21)16-6-10-20(29-2)19(12-16)27-23(28)25-13-15-4-7-17(24)8-5-15/h3-12H,13H2,1-2H3,(H2,25,27,28). The zero-order chi connectivity index (χ0) is 21.1. The predicted molar refractivity (Wildman–Crippen MR) is 113 cm³/mol. The van der Waals surface area contributed by atoms with Crippen molar-refractivity contribution in [2.24, 2.45) is 0 Å². The van der Waals surface area contributed by atoms with Gasteiger partial charge in [0.25, 0.3) is 0 Å². The molecule has 2 N–H and O–H groups in total. The highest BCUT2D eigenvalue weighted by molar-refractivity contribution is 5.92. The number of ether oxygens (including phenoxy) is 1. The summed E-state index contributed by atoms with van der Waals surface area (Å²) < 4.78 is 24.2. The Kier molecular flexibility index (Phi) is 5.34. The Morgan fingerprint density at radius 2 is 1.90 bits per heavy atom. The van der Waals surface area contributed by atoms with Crippen LogP contribution in [-0.4, -0.2) is 18.1 Å². The number of anilines is 1. The van der Waals surface area contributed by atoms with E-state index < -0.39 is 6.03 Å². The van der Waals surface area contributed by atoms with Crippen molar-refractivity contribution in [3.05, 3.63) is 77.6 Å². The fourth-order valence-electron chi connectivity index (χ4n) is 3.05. The van der Waals surface area contributed by atoms with E-state index in [2.05, 4.69) is 15.6 Å². The first kappa shape index (κ1) is 19.4. The molecule has 0 radical (unpaired) electrons. The van der Waals surface area contributed by atoms with Gasteiger partial charge in [-0.15, -0.1) is 0 Å². The molecule has 4 aromatic rings. The normalized spacial score (nSPS) is 10.8. The SMILES string of the molecule is COc1ccc(-c2nc3cc(C)ccc3o2)cc1NC(=O)NCc1ccc(F)cc1. The van der Waals surface area contributed by atoms with Crippen LogP contribution in [0, 0.1) is 12.7 Å². The van der Waals surface area contributed by atoms with E-state index in [0.717, 1.165) is 16.6 Å². The molecule has 4 rings (SSSR count). The number of aromatic nitrogens is 1. The maximum atomic E-state index is 13.0. The van der Waals surface area contributed by atoms with E-state index in [1.807, 2.05) is 31.2 Å². The topological polar surface area (TPSA) is 76.4 Å². The molecule has 0 aliphatic heterocycles. The summed E-state index contributed by atoms with van der Waals surface area (Å²) >= 11 is 0. The number of oxazole rings is 1. The lowest BCUT2D eigenvalue weighted by Crippen LogP contribution is -2.28. The van der Waals surface area contributed by atoms with E-state index in [-0.39, 0.29) is 12.4 Å². The highest BCUT2D eigenvalue weighted by Gasteiger charge is 2.13. The van der Waals surface area contributed by atoms with E-state index in [0.29, 0.717) is 28.5 Å². The molecule has 2 amide bonds. The predicted octanol–water partition coefficient (Wildman–Crippen LogP) is 5.27. The van der Waals surface area contributed by atoms with Crippen LogP contribution < -0.4 is 15.4 Å². The Hall–Kier alpha value is -3.87. The molecule has 0 unspecified atom stereocenters. The summed E-state index contributed by atoms with van der Waals surface area (Å²) in [4.78, 5) is 16.9. The molecular formula is C23H20FN3O3. The van der Waals surface area contributed by atoms with Crippen molar-refractivity contribution >= 4 is 22.8 Å². The van der Waals surface area contributed by atoms with Gasteiger partial charge in [-0.25, -0.2) is 14.2 Å². The third-order valence-corrected chi connectivity index (χ3v) is 4.60. The lowest BCUT2D eigenvalue weighted by Gasteiger charge is -2.12. The van der Waals surface area contributed by atoms with E-state index in [1.54, 1.807) is 24.3 Å². The summed E-state index contributed by atoms with van der Waals surface area (Å²) in [5.74, 6) is 0.634. The number of benzene rings is 3. The molecule has 0 atom stereocenters. The van der Waals surface area contributed by atoms with Crippen molar-refractivity contribution in [2.45, 2.75) is 13.5 Å². The van der Waals surface area contributed by atoms with E-state index in [9.17, 15) is 9.18 Å². The summed E-state index contributed by atoms with van der Waals surface area (Å²) in [7, 11) is 1.53. The van der Waals surface area contributed by atoms with Crippen LogP contribution in [-0.2, 0) is 6.54 Å². The smallest absolute Gasteiger partial charge is 0.319 e. The number of hydrogen-bond acceptors (Lipinski definition) is 4. The molecule has 0 fully saturated rings. The van der Waals surface area contributed by atoms with Gasteiger partial charge in [-0.1, -0.05) is 18.2 Å². The van der Waals surface area contributed by atoms with Gasteiger partial charge in [0.1, 0.15) is 17.1 Å². The molecule has 1 heterocycles. The van der Waals surface area contributed by atoms with Gasteiger partial charge >= 0.3 is 6.03 Å². The highest BCUT2D eigenvalue weighted by Crippen LogP contribution is 2.32. The fourth-order valence-corrected chi connectivity index (χ4v) is 3.05. The molecule has 0 bridgehead atoms. The average Bonchev–Trinajstić information content (AvgIpc) is 3.16. The lowest BCUT2D eigenvalue weighted by molar-refractivity contribution is 0.251. The van der Waals surface area contributed by atoms with E-state index >= 15 is 0 Å². The van der Waals surface area contributed by atoms with Crippen molar-refractivity contribution in [3.63, 3.8) is 0 Å². The van der Waals surface area contributed by atoms with Gasteiger partial charge in [0.2, 0.25) is 5.89 Å². The number of rotatable bonds is 5. The van der Waals surface area contributed by atoms with Crippen molar-refractivity contribution in [3.8, 4) is 17.2 Å². The summed E-state index contributed by atoms with van der Waals surface area (Å²) in [6.45, 7) is 2.26. The molecule has 3 aromatic carbocycles. The molecule has 0 saturated carbocycles. The van der Waals surface area contributed by atoms with Gasteiger partial charge in [0, 0.05) is 12.1 Å². The maximum absolute atomic E-state index is 13.0. The Morgan fingerprint density at radius 3 is 2.67 bits per heavy atom. The largest absolute Gasteiger partial charge is 0.495 e. The van der Waals surface area contributed by atoms with Gasteiger partial charge < -0.3 is 19.8 Å². The fraction of sp³-hybridized carbons (Fsp3) is 0.130. The maximum Gasteiger partial charge on any atom is 0.319 e. The number of nitrogens with one attached hydrogen (secondary N) is 2. The van der Waals surface area contributed by atoms with Crippen molar-refractivity contribution < 1.29 is 18.3 Å². The molecular weight excluding hydrogens is 385 g/mol. The summed E-state index contributed by atoms with van der Waals surface area (Å²) in [5, 5.41) is 5.52. The second-order valence-corrected chi connectivity index (χ2v) is 6.84. The number of urea groups is 1. The van der Waals surface area contributed by atoms with Crippen LogP contribution in [0.3, 0.4) is 0 Å².